The van der Waals surface area contributed by atoms with E-state index in [0.717, 1.165) is 24.5 Å². The number of rotatable bonds is 4. The third kappa shape index (κ3) is 2.91. The van der Waals surface area contributed by atoms with Gasteiger partial charge in [0.15, 0.2) is 0 Å². The van der Waals surface area contributed by atoms with Crippen LogP contribution in [-0.4, -0.2) is 24.8 Å². The lowest BCUT2D eigenvalue weighted by atomic mass is 9.72. The van der Waals surface area contributed by atoms with E-state index in [1.165, 1.54) is 64.3 Å². The fourth-order valence-electron chi connectivity index (χ4n) is 4.21. The van der Waals surface area contributed by atoms with Crippen molar-refractivity contribution in [1.82, 2.24) is 5.32 Å². The van der Waals surface area contributed by atoms with Crippen molar-refractivity contribution in [3.8, 4) is 0 Å². The molecule has 1 saturated heterocycles. The van der Waals surface area contributed by atoms with E-state index in [9.17, 15) is 0 Å². The maximum absolute atomic E-state index is 6.28. The summed E-state index contributed by atoms with van der Waals surface area (Å²) in [4.78, 5) is 0. The van der Waals surface area contributed by atoms with Gasteiger partial charge in [-0.2, -0.15) is 0 Å². The molecule has 0 aromatic carbocycles. The summed E-state index contributed by atoms with van der Waals surface area (Å²) in [7, 11) is 0. The first-order chi connectivity index (χ1) is 8.81. The van der Waals surface area contributed by atoms with Crippen LogP contribution in [0, 0.1) is 11.8 Å². The van der Waals surface area contributed by atoms with Gasteiger partial charge in [0.1, 0.15) is 0 Å². The first kappa shape index (κ1) is 12.9. The largest absolute Gasteiger partial charge is 0.375 e. The Morgan fingerprint density at radius 3 is 2.78 bits per heavy atom. The molecular formula is C16H29NO. The lowest BCUT2D eigenvalue weighted by molar-refractivity contribution is -0.121. The summed E-state index contributed by atoms with van der Waals surface area (Å²) in [6, 6.07) is 0.719. The molecule has 3 rings (SSSR count). The standard InChI is InChI=1S/C16H29NO/c1-2-9-17-15-7-10-18-16(12-15)8-3-4-14(11-16)13-5-6-13/h13-15,17H,2-12H2,1H3. The summed E-state index contributed by atoms with van der Waals surface area (Å²) in [6.07, 6.45) is 12.3. The van der Waals surface area contributed by atoms with Crippen LogP contribution >= 0.6 is 0 Å². The summed E-state index contributed by atoms with van der Waals surface area (Å²) in [5, 5.41) is 3.72. The molecule has 104 valence electrons. The number of hydrogen-bond donors (Lipinski definition) is 1. The normalized spacial score (nSPS) is 41.2. The molecule has 3 aliphatic rings. The van der Waals surface area contributed by atoms with Crippen molar-refractivity contribution in [3.05, 3.63) is 0 Å². The zero-order chi connectivity index (χ0) is 12.4. The van der Waals surface area contributed by atoms with Crippen LogP contribution in [0.25, 0.3) is 0 Å². The van der Waals surface area contributed by atoms with Crippen LogP contribution < -0.4 is 5.32 Å². The molecule has 0 aromatic heterocycles. The van der Waals surface area contributed by atoms with Gasteiger partial charge in [-0.1, -0.05) is 13.3 Å². The molecule has 1 N–H and O–H groups in total. The van der Waals surface area contributed by atoms with Crippen LogP contribution in [0.15, 0.2) is 0 Å². The molecular weight excluding hydrogens is 222 g/mol. The summed E-state index contributed by atoms with van der Waals surface area (Å²) in [5.41, 5.74) is 0.259. The van der Waals surface area contributed by atoms with E-state index >= 15 is 0 Å². The van der Waals surface area contributed by atoms with Crippen molar-refractivity contribution >= 4 is 0 Å². The van der Waals surface area contributed by atoms with E-state index in [2.05, 4.69) is 12.2 Å². The Balaban J connectivity index is 1.58. The van der Waals surface area contributed by atoms with E-state index in [1.54, 1.807) is 0 Å². The quantitative estimate of drug-likeness (QED) is 0.825. The maximum atomic E-state index is 6.28. The summed E-state index contributed by atoms with van der Waals surface area (Å²) >= 11 is 0. The molecule has 3 unspecified atom stereocenters. The third-order valence-electron chi connectivity index (χ3n) is 5.31. The van der Waals surface area contributed by atoms with E-state index in [0.29, 0.717) is 0 Å². The van der Waals surface area contributed by atoms with Gasteiger partial charge in [0.05, 0.1) is 5.60 Å². The second-order valence-electron chi connectivity index (χ2n) is 6.87. The highest BCUT2D eigenvalue weighted by Gasteiger charge is 2.45. The van der Waals surface area contributed by atoms with Gasteiger partial charge in [-0.15, -0.1) is 0 Å². The second kappa shape index (κ2) is 5.50. The zero-order valence-corrected chi connectivity index (χ0v) is 11.9. The van der Waals surface area contributed by atoms with Crippen LogP contribution in [0.1, 0.15) is 64.7 Å². The molecule has 0 radical (unpaired) electrons. The Morgan fingerprint density at radius 1 is 1.11 bits per heavy atom. The highest BCUT2D eigenvalue weighted by molar-refractivity contribution is 4.97. The van der Waals surface area contributed by atoms with Crippen LogP contribution in [0.2, 0.25) is 0 Å². The second-order valence-corrected chi connectivity index (χ2v) is 6.87. The maximum Gasteiger partial charge on any atom is 0.0700 e. The molecule has 1 heterocycles. The number of nitrogens with one attached hydrogen (secondary N) is 1. The molecule has 2 aliphatic carbocycles. The van der Waals surface area contributed by atoms with Gasteiger partial charge in [-0.05, 0) is 69.7 Å². The Bertz CT molecular complexity index is 272. The Morgan fingerprint density at radius 2 is 2.00 bits per heavy atom. The molecule has 3 fully saturated rings. The minimum atomic E-state index is 0.259. The van der Waals surface area contributed by atoms with Crippen molar-refractivity contribution < 1.29 is 4.74 Å². The van der Waals surface area contributed by atoms with Crippen LogP contribution in [-0.2, 0) is 4.74 Å². The molecule has 2 saturated carbocycles. The average molecular weight is 251 g/mol. The Labute approximate surface area is 112 Å². The van der Waals surface area contributed by atoms with E-state index in [1.807, 2.05) is 0 Å². The molecule has 3 atom stereocenters. The topological polar surface area (TPSA) is 21.3 Å². The molecule has 18 heavy (non-hydrogen) atoms. The molecule has 1 spiro atoms. The zero-order valence-electron chi connectivity index (χ0n) is 11.9. The smallest absolute Gasteiger partial charge is 0.0700 e. The van der Waals surface area contributed by atoms with Crippen molar-refractivity contribution in [2.24, 2.45) is 11.8 Å². The third-order valence-corrected chi connectivity index (χ3v) is 5.31. The predicted octanol–water partition coefficient (Wildman–Crippen LogP) is 3.50. The van der Waals surface area contributed by atoms with Crippen molar-refractivity contribution in [2.45, 2.75) is 76.4 Å². The van der Waals surface area contributed by atoms with Crippen LogP contribution in [0.3, 0.4) is 0 Å². The first-order valence-electron chi connectivity index (χ1n) is 8.19. The molecule has 1 aliphatic heterocycles. The predicted molar refractivity (Wildman–Crippen MR) is 74.7 cm³/mol. The molecule has 2 nitrogen and oxygen atoms in total. The SMILES string of the molecule is CCCNC1CCOC2(CCCC(C3CC3)C2)C1. The van der Waals surface area contributed by atoms with Crippen molar-refractivity contribution in [1.29, 1.82) is 0 Å². The van der Waals surface area contributed by atoms with Gasteiger partial charge < -0.3 is 10.1 Å². The van der Waals surface area contributed by atoms with E-state index < -0.39 is 0 Å². The first-order valence-corrected chi connectivity index (χ1v) is 8.19. The lowest BCUT2D eigenvalue weighted by Gasteiger charge is -2.46. The molecule has 0 bridgehead atoms. The van der Waals surface area contributed by atoms with Crippen LogP contribution in [0.4, 0.5) is 0 Å². The number of hydrogen-bond acceptors (Lipinski definition) is 2. The van der Waals surface area contributed by atoms with E-state index in [-0.39, 0.29) is 5.60 Å². The highest BCUT2D eigenvalue weighted by atomic mass is 16.5. The van der Waals surface area contributed by atoms with E-state index in [4.69, 9.17) is 4.74 Å². The minimum Gasteiger partial charge on any atom is -0.375 e. The van der Waals surface area contributed by atoms with Crippen molar-refractivity contribution in [2.75, 3.05) is 13.2 Å². The minimum absolute atomic E-state index is 0.259. The molecule has 0 amide bonds. The monoisotopic (exact) mass is 251 g/mol. The number of ether oxygens (including phenoxy) is 1. The summed E-state index contributed by atoms with van der Waals surface area (Å²) in [6.45, 7) is 4.41. The van der Waals surface area contributed by atoms with Gasteiger partial charge in [0, 0.05) is 12.6 Å². The van der Waals surface area contributed by atoms with Gasteiger partial charge in [0.2, 0.25) is 0 Å². The lowest BCUT2D eigenvalue weighted by Crippen LogP contribution is -2.49. The summed E-state index contributed by atoms with van der Waals surface area (Å²) < 4.78 is 6.28. The van der Waals surface area contributed by atoms with Gasteiger partial charge in [-0.3, -0.25) is 0 Å². The van der Waals surface area contributed by atoms with Gasteiger partial charge >= 0.3 is 0 Å². The van der Waals surface area contributed by atoms with Crippen molar-refractivity contribution in [3.63, 3.8) is 0 Å². The van der Waals surface area contributed by atoms with Gasteiger partial charge in [0.25, 0.3) is 0 Å². The Hall–Kier alpha value is -0.0800. The Kier molecular flexibility index (Phi) is 3.95. The fraction of sp³-hybridized carbons (Fsp3) is 1.00. The molecule has 0 aromatic rings. The highest BCUT2D eigenvalue weighted by Crippen LogP contribution is 2.49. The van der Waals surface area contributed by atoms with Crippen LogP contribution in [0.5, 0.6) is 0 Å². The van der Waals surface area contributed by atoms with Gasteiger partial charge in [-0.25, -0.2) is 0 Å². The fourth-order valence-corrected chi connectivity index (χ4v) is 4.21. The molecule has 2 heteroatoms. The average Bonchev–Trinajstić information content (AvgIpc) is 3.21. The summed E-state index contributed by atoms with van der Waals surface area (Å²) in [5.74, 6) is 2.05.